The predicted molar refractivity (Wildman–Crippen MR) is 81.8 cm³/mol. The van der Waals surface area contributed by atoms with Crippen LogP contribution in [0.3, 0.4) is 0 Å². The molecular weight excluding hydrogens is 252 g/mol. The van der Waals surface area contributed by atoms with Gasteiger partial charge in [-0.1, -0.05) is 32.0 Å². The molecule has 2 unspecified atom stereocenters. The number of thiophene rings is 1. The van der Waals surface area contributed by atoms with E-state index in [2.05, 4.69) is 32.0 Å². The topological polar surface area (TPSA) is 17.1 Å². The third-order valence-corrected chi connectivity index (χ3v) is 5.35. The Labute approximate surface area is 118 Å². The highest BCUT2D eigenvalue weighted by Gasteiger charge is 2.30. The molecule has 1 saturated carbocycles. The molecule has 0 radical (unpaired) electrons. The van der Waals surface area contributed by atoms with Gasteiger partial charge in [-0.05, 0) is 48.6 Å². The van der Waals surface area contributed by atoms with Crippen LogP contribution in [-0.4, -0.2) is 5.78 Å². The second-order valence-electron chi connectivity index (χ2n) is 6.13. The Bertz CT molecular complexity index is 555. The molecule has 1 heterocycles. The number of hydrogen-bond acceptors (Lipinski definition) is 2. The number of hydrogen-bond donors (Lipinski definition) is 0. The quantitative estimate of drug-likeness (QED) is 0.690. The van der Waals surface area contributed by atoms with E-state index >= 15 is 0 Å². The molecule has 19 heavy (non-hydrogen) atoms. The number of ketones is 1. The molecule has 1 aromatic heterocycles. The molecule has 1 nitrogen and oxygen atoms in total. The highest BCUT2D eigenvalue weighted by atomic mass is 32.1. The van der Waals surface area contributed by atoms with Crippen molar-refractivity contribution < 1.29 is 4.79 Å². The molecule has 2 aromatic rings. The summed E-state index contributed by atoms with van der Waals surface area (Å²) in [5.74, 6) is 1.99. The molecule has 2 atom stereocenters. The van der Waals surface area contributed by atoms with Gasteiger partial charge in [0.15, 0.2) is 5.78 Å². The standard InChI is InChI=1S/C17H20OS/c1-11-7-12(2)9-14(8-11)17(18)16-10-13-5-3-4-6-15(13)19-16/h3-6,10-12,14H,7-9H2,1-2H3. The minimum absolute atomic E-state index is 0.242. The maximum absolute atomic E-state index is 12.7. The van der Waals surface area contributed by atoms with Crippen LogP contribution in [0.2, 0.25) is 0 Å². The number of Topliss-reactive ketones (excluding diaryl/α,β-unsaturated/α-hetero) is 1. The minimum Gasteiger partial charge on any atom is -0.293 e. The van der Waals surface area contributed by atoms with Gasteiger partial charge in [-0.25, -0.2) is 0 Å². The van der Waals surface area contributed by atoms with E-state index in [4.69, 9.17) is 0 Å². The monoisotopic (exact) mass is 272 g/mol. The number of fused-ring (bicyclic) bond motifs is 1. The minimum atomic E-state index is 0.242. The average Bonchev–Trinajstić information content (AvgIpc) is 2.80. The fraction of sp³-hybridized carbons (Fsp3) is 0.471. The second kappa shape index (κ2) is 5.09. The Morgan fingerprint density at radius 2 is 1.79 bits per heavy atom. The van der Waals surface area contributed by atoms with Crippen molar-refractivity contribution in [1.29, 1.82) is 0 Å². The normalized spacial score (nSPS) is 27.6. The SMILES string of the molecule is CC1CC(C)CC(C(=O)c2cc3ccccc3s2)C1. The fourth-order valence-corrected chi connectivity index (χ4v) is 4.55. The molecule has 0 bridgehead atoms. The van der Waals surface area contributed by atoms with Crippen LogP contribution in [0.4, 0.5) is 0 Å². The Hall–Kier alpha value is -1.15. The van der Waals surface area contributed by atoms with E-state index < -0.39 is 0 Å². The second-order valence-corrected chi connectivity index (χ2v) is 7.21. The summed E-state index contributed by atoms with van der Waals surface area (Å²) in [6.45, 7) is 4.56. The van der Waals surface area contributed by atoms with Crippen molar-refractivity contribution in [3.63, 3.8) is 0 Å². The third-order valence-electron chi connectivity index (χ3n) is 4.22. The van der Waals surface area contributed by atoms with Gasteiger partial charge in [-0.3, -0.25) is 4.79 Å². The summed E-state index contributed by atoms with van der Waals surface area (Å²) < 4.78 is 1.22. The molecule has 100 valence electrons. The van der Waals surface area contributed by atoms with Crippen molar-refractivity contribution in [2.45, 2.75) is 33.1 Å². The first-order valence-corrected chi connectivity index (χ1v) is 7.98. The Morgan fingerprint density at radius 1 is 1.11 bits per heavy atom. The molecule has 1 aliphatic rings. The van der Waals surface area contributed by atoms with Crippen LogP contribution >= 0.6 is 11.3 Å². The van der Waals surface area contributed by atoms with E-state index in [-0.39, 0.29) is 5.92 Å². The smallest absolute Gasteiger partial charge is 0.175 e. The van der Waals surface area contributed by atoms with E-state index in [0.717, 1.165) is 17.7 Å². The van der Waals surface area contributed by atoms with Crippen molar-refractivity contribution in [1.82, 2.24) is 0 Å². The van der Waals surface area contributed by atoms with Crippen LogP contribution in [0.15, 0.2) is 30.3 Å². The van der Waals surface area contributed by atoms with Crippen LogP contribution < -0.4 is 0 Å². The average molecular weight is 272 g/mol. The van der Waals surface area contributed by atoms with Gasteiger partial charge in [-0.2, -0.15) is 0 Å². The van der Waals surface area contributed by atoms with Crippen molar-refractivity contribution in [3.05, 3.63) is 35.2 Å². The zero-order valence-corrected chi connectivity index (χ0v) is 12.4. The summed E-state index contributed by atoms with van der Waals surface area (Å²) in [4.78, 5) is 13.6. The predicted octanol–water partition coefficient (Wildman–Crippen LogP) is 5.16. The molecular formula is C17H20OS. The summed E-state index contributed by atoms with van der Waals surface area (Å²) in [5, 5.41) is 1.20. The summed E-state index contributed by atoms with van der Waals surface area (Å²) >= 11 is 1.65. The summed E-state index contributed by atoms with van der Waals surface area (Å²) in [6.07, 6.45) is 3.41. The van der Waals surface area contributed by atoms with Crippen molar-refractivity contribution >= 4 is 27.2 Å². The van der Waals surface area contributed by atoms with Crippen LogP contribution in [0.25, 0.3) is 10.1 Å². The first-order chi connectivity index (χ1) is 9.13. The van der Waals surface area contributed by atoms with Gasteiger partial charge < -0.3 is 0 Å². The summed E-state index contributed by atoms with van der Waals surface area (Å²) in [7, 11) is 0. The zero-order valence-electron chi connectivity index (χ0n) is 11.6. The highest BCUT2D eigenvalue weighted by Crippen LogP contribution is 2.36. The van der Waals surface area contributed by atoms with Crippen LogP contribution in [-0.2, 0) is 0 Å². The third kappa shape index (κ3) is 2.59. The lowest BCUT2D eigenvalue weighted by atomic mass is 9.75. The first kappa shape index (κ1) is 12.9. The lowest BCUT2D eigenvalue weighted by molar-refractivity contribution is 0.0840. The highest BCUT2D eigenvalue weighted by molar-refractivity contribution is 7.20. The van der Waals surface area contributed by atoms with Crippen molar-refractivity contribution in [2.24, 2.45) is 17.8 Å². The van der Waals surface area contributed by atoms with E-state index in [1.165, 1.54) is 16.5 Å². The number of carbonyl (C=O) groups is 1. The molecule has 1 aromatic carbocycles. The van der Waals surface area contributed by atoms with Crippen molar-refractivity contribution in [3.8, 4) is 0 Å². The molecule has 1 fully saturated rings. The number of benzene rings is 1. The van der Waals surface area contributed by atoms with Gasteiger partial charge in [0.25, 0.3) is 0 Å². The molecule has 3 rings (SSSR count). The number of carbonyl (C=O) groups excluding carboxylic acids is 1. The number of rotatable bonds is 2. The van der Waals surface area contributed by atoms with E-state index in [9.17, 15) is 4.79 Å². The molecule has 0 saturated heterocycles. The van der Waals surface area contributed by atoms with E-state index in [1.54, 1.807) is 11.3 Å². The van der Waals surface area contributed by atoms with Crippen LogP contribution in [0.5, 0.6) is 0 Å². The van der Waals surface area contributed by atoms with E-state index in [1.807, 2.05) is 12.1 Å². The van der Waals surface area contributed by atoms with Gasteiger partial charge >= 0.3 is 0 Å². The molecule has 0 aliphatic heterocycles. The molecule has 0 N–H and O–H groups in total. The first-order valence-electron chi connectivity index (χ1n) is 7.16. The maximum atomic E-state index is 12.7. The molecule has 2 heteroatoms. The molecule has 0 spiro atoms. The fourth-order valence-electron chi connectivity index (χ4n) is 3.47. The largest absolute Gasteiger partial charge is 0.293 e. The van der Waals surface area contributed by atoms with Gasteiger partial charge in [0.05, 0.1) is 4.88 Å². The lowest BCUT2D eigenvalue weighted by Crippen LogP contribution is -2.25. The summed E-state index contributed by atoms with van der Waals surface area (Å²) in [5.41, 5.74) is 0. The molecule has 0 amide bonds. The Morgan fingerprint density at radius 3 is 2.47 bits per heavy atom. The molecule has 1 aliphatic carbocycles. The van der Waals surface area contributed by atoms with Gasteiger partial charge in [0.2, 0.25) is 0 Å². The van der Waals surface area contributed by atoms with Gasteiger partial charge in [0, 0.05) is 10.6 Å². The Balaban J connectivity index is 1.86. The van der Waals surface area contributed by atoms with Crippen molar-refractivity contribution in [2.75, 3.05) is 0 Å². The van der Waals surface area contributed by atoms with Crippen LogP contribution in [0, 0.1) is 17.8 Å². The van der Waals surface area contributed by atoms with Gasteiger partial charge in [-0.15, -0.1) is 11.3 Å². The van der Waals surface area contributed by atoms with Gasteiger partial charge in [0.1, 0.15) is 0 Å². The summed E-state index contributed by atoms with van der Waals surface area (Å²) in [6, 6.07) is 10.3. The maximum Gasteiger partial charge on any atom is 0.175 e. The van der Waals surface area contributed by atoms with Crippen LogP contribution in [0.1, 0.15) is 42.8 Å². The van der Waals surface area contributed by atoms with E-state index in [0.29, 0.717) is 17.6 Å². The zero-order chi connectivity index (χ0) is 13.4. The lowest BCUT2D eigenvalue weighted by Gasteiger charge is -2.30. The Kier molecular flexibility index (Phi) is 3.44.